The van der Waals surface area contributed by atoms with Gasteiger partial charge in [-0.1, -0.05) is 47.0 Å². The van der Waals surface area contributed by atoms with E-state index in [0.29, 0.717) is 13.0 Å². The largest absolute Gasteiger partial charge is 0.301 e. The standard InChI is InChI=1S/C16H19BrN2O2/c17-13-8-4-1-5-11(13)10-18-14-9-15(20)19(16(14)21)12-6-2-3-7-12/h1,4-5,8,12,14,18H,2-3,6-7,9-10H2. The first-order valence-electron chi connectivity index (χ1n) is 7.49. The minimum Gasteiger partial charge on any atom is -0.301 e. The molecule has 1 heterocycles. The van der Waals surface area contributed by atoms with Crippen molar-refractivity contribution in [2.75, 3.05) is 0 Å². The molecule has 1 aromatic rings. The number of nitrogens with zero attached hydrogens (tertiary/aromatic N) is 1. The van der Waals surface area contributed by atoms with Crippen LogP contribution in [0.2, 0.25) is 0 Å². The molecule has 2 amide bonds. The molecule has 3 rings (SSSR count). The van der Waals surface area contributed by atoms with Crippen LogP contribution in [0.3, 0.4) is 0 Å². The lowest BCUT2D eigenvalue weighted by Gasteiger charge is -2.22. The Balaban J connectivity index is 1.63. The molecule has 1 unspecified atom stereocenters. The smallest absolute Gasteiger partial charge is 0.247 e. The molecule has 1 aliphatic carbocycles. The molecule has 4 nitrogen and oxygen atoms in total. The fourth-order valence-corrected chi connectivity index (χ4v) is 3.66. The van der Waals surface area contributed by atoms with Gasteiger partial charge in [-0.05, 0) is 24.5 Å². The van der Waals surface area contributed by atoms with Crippen molar-refractivity contribution in [2.45, 2.75) is 50.7 Å². The van der Waals surface area contributed by atoms with Gasteiger partial charge in [0, 0.05) is 17.1 Å². The predicted octanol–water partition coefficient (Wildman–Crippen LogP) is 2.61. The number of halogens is 1. The van der Waals surface area contributed by atoms with E-state index in [4.69, 9.17) is 0 Å². The second-order valence-electron chi connectivity index (χ2n) is 5.77. The Kier molecular flexibility index (Phi) is 4.40. The van der Waals surface area contributed by atoms with Gasteiger partial charge in [0.1, 0.15) is 0 Å². The number of carbonyl (C=O) groups excluding carboxylic acids is 2. The second kappa shape index (κ2) is 6.28. The Morgan fingerprint density at radius 3 is 2.62 bits per heavy atom. The van der Waals surface area contributed by atoms with E-state index in [1.54, 1.807) is 0 Å². The van der Waals surface area contributed by atoms with Crippen LogP contribution in [-0.2, 0) is 16.1 Å². The monoisotopic (exact) mass is 350 g/mol. The van der Waals surface area contributed by atoms with Crippen LogP contribution in [0.1, 0.15) is 37.7 Å². The Morgan fingerprint density at radius 1 is 1.19 bits per heavy atom. The number of hydrogen-bond acceptors (Lipinski definition) is 3. The maximum atomic E-state index is 12.4. The van der Waals surface area contributed by atoms with Crippen LogP contribution in [0.5, 0.6) is 0 Å². The minimum atomic E-state index is -0.370. The molecule has 0 spiro atoms. The van der Waals surface area contributed by atoms with Crippen molar-refractivity contribution in [3.05, 3.63) is 34.3 Å². The second-order valence-corrected chi connectivity index (χ2v) is 6.62. The highest BCUT2D eigenvalue weighted by Gasteiger charge is 2.42. The highest BCUT2D eigenvalue weighted by Crippen LogP contribution is 2.28. The van der Waals surface area contributed by atoms with E-state index in [2.05, 4.69) is 21.2 Å². The summed E-state index contributed by atoms with van der Waals surface area (Å²) < 4.78 is 1.02. The molecule has 1 saturated heterocycles. The zero-order valence-electron chi connectivity index (χ0n) is 11.8. The molecule has 0 aromatic heterocycles. The number of nitrogens with one attached hydrogen (secondary N) is 1. The van der Waals surface area contributed by atoms with Crippen molar-refractivity contribution in [3.8, 4) is 0 Å². The maximum Gasteiger partial charge on any atom is 0.247 e. The molecule has 0 radical (unpaired) electrons. The van der Waals surface area contributed by atoms with Crippen LogP contribution in [0.25, 0.3) is 0 Å². The highest BCUT2D eigenvalue weighted by molar-refractivity contribution is 9.10. The molecule has 2 aliphatic rings. The number of rotatable bonds is 4. The Morgan fingerprint density at radius 2 is 1.90 bits per heavy atom. The number of carbonyl (C=O) groups is 2. The van der Waals surface area contributed by atoms with Crippen LogP contribution < -0.4 is 5.32 Å². The molecule has 2 fully saturated rings. The van der Waals surface area contributed by atoms with Crippen molar-refractivity contribution >= 4 is 27.7 Å². The van der Waals surface area contributed by atoms with Crippen LogP contribution in [0.4, 0.5) is 0 Å². The summed E-state index contributed by atoms with van der Waals surface area (Å²) in [6.45, 7) is 0.587. The summed E-state index contributed by atoms with van der Waals surface area (Å²) in [7, 11) is 0. The van der Waals surface area contributed by atoms with Gasteiger partial charge in [-0.3, -0.25) is 14.5 Å². The van der Waals surface area contributed by atoms with E-state index >= 15 is 0 Å². The normalized spacial score (nSPS) is 23.3. The van der Waals surface area contributed by atoms with Gasteiger partial charge in [-0.15, -0.1) is 0 Å². The van der Waals surface area contributed by atoms with E-state index in [1.807, 2.05) is 24.3 Å². The molecule has 0 bridgehead atoms. The zero-order valence-corrected chi connectivity index (χ0v) is 13.4. The molecule has 112 valence electrons. The van der Waals surface area contributed by atoms with Crippen molar-refractivity contribution in [1.82, 2.24) is 10.2 Å². The lowest BCUT2D eigenvalue weighted by molar-refractivity contribution is -0.141. The van der Waals surface area contributed by atoms with Crippen molar-refractivity contribution in [3.63, 3.8) is 0 Å². The summed E-state index contributed by atoms with van der Waals surface area (Å²) in [5.74, 6) is -0.0597. The Hall–Kier alpha value is -1.20. The van der Waals surface area contributed by atoms with Crippen LogP contribution in [0.15, 0.2) is 28.7 Å². The number of hydrogen-bond donors (Lipinski definition) is 1. The molecule has 21 heavy (non-hydrogen) atoms. The maximum absolute atomic E-state index is 12.4. The van der Waals surface area contributed by atoms with E-state index in [1.165, 1.54) is 4.90 Å². The summed E-state index contributed by atoms with van der Waals surface area (Å²) >= 11 is 3.50. The SMILES string of the molecule is O=C1CC(NCc2ccccc2Br)C(=O)N1C1CCCC1. The third-order valence-electron chi connectivity index (χ3n) is 4.37. The summed E-state index contributed by atoms with van der Waals surface area (Å²) in [4.78, 5) is 26.1. The van der Waals surface area contributed by atoms with Gasteiger partial charge in [0.15, 0.2) is 0 Å². The first-order valence-corrected chi connectivity index (χ1v) is 8.29. The average Bonchev–Trinajstić information content (AvgIpc) is 3.07. The summed E-state index contributed by atoms with van der Waals surface area (Å²) in [5.41, 5.74) is 1.09. The van der Waals surface area contributed by atoms with Crippen LogP contribution >= 0.6 is 15.9 Å². The molecular formula is C16H19BrN2O2. The molecule has 1 atom stereocenters. The average molecular weight is 351 g/mol. The van der Waals surface area contributed by atoms with Gasteiger partial charge in [-0.25, -0.2) is 0 Å². The number of likely N-dealkylation sites (tertiary alicyclic amines) is 1. The molecule has 1 aromatic carbocycles. The summed E-state index contributed by atoms with van der Waals surface area (Å²) in [6, 6.07) is 7.68. The van der Waals surface area contributed by atoms with Gasteiger partial charge < -0.3 is 5.32 Å². The highest BCUT2D eigenvalue weighted by atomic mass is 79.9. The molecule has 1 saturated carbocycles. The van der Waals surface area contributed by atoms with Gasteiger partial charge >= 0.3 is 0 Å². The summed E-state index contributed by atoms with van der Waals surface area (Å²) in [6.07, 6.45) is 4.47. The van der Waals surface area contributed by atoms with Crippen LogP contribution in [0, 0.1) is 0 Å². The first kappa shape index (κ1) is 14.7. The van der Waals surface area contributed by atoms with E-state index in [0.717, 1.165) is 35.7 Å². The van der Waals surface area contributed by atoms with Crippen molar-refractivity contribution in [1.29, 1.82) is 0 Å². The Bertz CT molecular complexity index is 555. The number of benzene rings is 1. The lowest BCUT2D eigenvalue weighted by atomic mass is 10.2. The Labute approximate surface area is 133 Å². The third-order valence-corrected chi connectivity index (χ3v) is 5.14. The van der Waals surface area contributed by atoms with Crippen molar-refractivity contribution in [2.24, 2.45) is 0 Å². The lowest BCUT2D eigenvalue weighted by Crippen LogP contribution is -2.42. The van der Waals surface area contributed by atoms with Crippen LogP contribution in [-0.4, -0.2) is 28.8 Å². The fraction of sp³-hybridized carbons (Fsp3) is 0.500. The molecule has 1 N–H and O–H groups in total. The van der Waals surface area contributed by atoms with Crippen molar-refractivity contribution < 1.29 is 9.59 Å². The van der Waals surface area contributed by atoms with Gasteiger partial charge in [0.25, 0.3) is 0 Å². The quantitative estimate of drug-likeness (QED) is 0.849. The molecule has 5 heteroatoms. The van der Waals surface area contributed by atoms with Gasteiger partial charge in [-0.2, -0.15) is 0 Å². The van der Waals surface area contributed by atoms with Gasteiger partial charge in [0.2, 0.25) is 11.8 Å². The van der Waals surface area contributed by atoms with E-state index in [-0.39, 0.29) is 23.9 Å². The molecular weight excluding hydrogens is 332 g/mol. The number of amides is 2. The third kappa shape index (κ3) is 3.04. The molecule has 1 aliphatic heterocycles. The predicted molar refractivity (Wildman–Crippen MR) is 83.5 cm³/mol. The fourth-order valence-electron chi connectivity index (χ4n) is 3.23. The minimum absolute atomic E-state index is 0.0171. The van der Waals surface area contributed by atoms with Gasteiger partial charge in [0.05, 0.1) is 12.5 Å². The zero-order chi connectivity index (χ0) is 14.8. The first-order chi connectivity index (χ1) is 10.2. The summed E-state index contributed by atoms with van der Waals surface area (Å²) in [5, 5.41) is 3.23. The van der Waals surface area contributed by atoms with E-state index in [9.17, 15) is 9.59 Å². The topological polar surface area (TPSA) is 49.4 Å². The van der Waals surface area contributed by atoms with E-state index < -0.39 is 0 Å². The number of imide groups is 1.